The molecule has 1 amide bonds. The third-order valence-corrected chi connectivity index (χ3v) is 1.47. The van der Waals surface area contributed by atoms with Crippen molar-refractivity contribution in [3.8, 4) is 0 Å². The number of hydrogen-bond acceptors (Lipinski definition) is 2. The van der Waals surface area contributed by atoms with E-state index in [2.05, 4.69) is 4.99 Å². The summed E-state index contributed by atoms with van der Waals surface area (Å²) in [5, 5.41) is 0. The first-order valence-corrected chi connectivity index (χ1v) is 3.28. The number of nitrogens with zero attached hydrogens (tertiary/aromatic N) is 2. The minimum absolute atomic E-state index is 0.136. The van der Waals surface area contributed by atoms with Crippen molar-refractivity contribution >= 4 is 11.7 Å². The maximum atomic E-state index is 11.8. The molecule has 68 valence electrons. The quantitative estimate of drug-likeness (QED) is 0.587. The van der Waals surface area contributed by atoms with Crippen molar-refractivity contribution in [2.45, 2.75) is 13.1 Å². The van der Waals surface area contributed by atoms with Crippen molar-refractivity contribution in [3.63, 3.8) is 0 Å². The molecular weight excluding hydrogens is 173 g/mol. The van der Waals surface area contributed by atoms with Crippen molar-refractivity contribution in [2.75, 3.05) is 13.1 Å². The van der Waals surface area contributed by atoms with E-state index in [0.29, 0.717) is 4.90 Å². The number of alkyl halides is 3. The van der Waals surface area contributed by atoms with Gasteiger partial charge in [0.25, 0.3) is 0 Å². The van der Waals surface area contributed by atoms with Crippen LogP contribution >= 0.6 is 0 Å². The van der Waals surface area contributed by atoms with E-state index in [4.69, 9.17) is 0 Å². The number of hydrogen-bond donors (Lipinski definition) is 0. The molecule has 0 aliphatic carbocycles. The van der Waals surface area contributed by atoms with Gasteiger partial charge in [0.1, 0.15) is 18.9 Å². The molecule has 12 heavy (non-hydrogen) atoms. The molecule has 0 aromatic heterocycles. The maximum absolute atomic E-state index is 11.8. The molecule has 1 rings (SSSR count). The summed E-state index contributed by atoms with van der Waals surface area (Å²) in [6.07, 6.45) is -4.35. The lowest BCUT2D eigenvalue weighted by Gasteiger charge is -2.17. The molecule has 1 aliphatic heterocycles. The number of halogens is 3. The number of rotatable bonds is 1. The summed E-state index contributed by atoms with van der Waals surface area (Å²) in [4.78, 5) is 15.0. The molecule has 0 spiro atoms. The van der Waals surface area contributed by atoms with Crippen LogP contribution < -0.4 is 0 Å². The molecule has 0 radical (unpaired) electrons. The minimum Gasteiger partial charge on any atom is -0.290 e. The van der Waals surface area contributed by atoms with Crippen molar-refractivity contribution in [3.05, 3.63) is 0 Å². The topological polar surface area (TPSA) is 32.7 Å². The van der Waals surface area contributed by atoms with E-state index < -0.39 is 18.6 Å². The zero-order valence-corrected chi connectivity index (χ0v) is 6.35. The van der Waals surface area contributed by atoms with Gasteiger partial charge in [0.2, 0.25) is 5.91 Å². The van der Waals surface area contributed by atoms with Crippen LogP contribution in [0.25, 0.3) is 0 Å². The van der Waals surface area contributed by atoms with E-state index in [1.165, 1.54) is 6.92 Å². The van der Waals surface area contributed by atoms with Crippen LogP contribution in [0.2, 0.25) is 0 Å². The molecular formula is C6H7F3N2O. The fourth-order valence-corrected chi connectivity index (χ4v) is 0.915. The second-order valence-electron chi connectivity index (χ2n) is 2.46. The molecule has 0 unspecified atom stereocenters. The number of carbonyl (C=O) groups is 1. The average molecular weight is 180 g/mol. The molecule has 0 aromatic rings. The second-order valence-corrected chi connectivity index (χ2v) is 2.46. The molecule has 0 saturated heterocycles. The number of aliphatic imine (C=N–C) groups is 1. The van der Waals surface area contributed by atoms with E-state index in [-0.39, 0.29) is 12.4 Å². The molecule has 1 aliphatic rings. The van der Waals surface area contributed by atoms with Gasteiger partial charge >= 0.3 is 6.18 Å². The van der Waals surface area contributed by atoms with E-state index in [1.807, 2.05) is 0 Å². The van der Waals surface area contributed by atoms with Gasteiger partial charge in [-0.05, 0) is 6.92 Å². The van der Waals surface area contributed by atoms with Gasteiger partial charge in [-0.25, -0.2) is 0 Å². The van der Waals surface area contributed by atoms with Crippen LogP contribution in [0.4, 0.5) is 13.2 Å². The van der Waals surface area contributed by atoms with Crippen LogP contribution in [-0.2, 0) is 4.79 Å². The lowest BCUT2D eigenvalue weighted by Crippen LogP contribution is -2.39. The Bertz CT molecular complexity index is 233. The van der Waals surface area contributed by atoms with Crippen LogP contribution in [0, 0.1) is 0 Å². The number of amidine groups is 1. The second kappa shape index (κ2) is 2.76. The van der Waals surface area contributed by atoms with Crippen molar-refractivity contribution in [1.82, 2.24) is 4.90 Å². The van der Waals surface area contributed by atoms with Gasteiger partial charge in [-0.2, -0.15) is 13.2 Å². The van der Waals surface area contributed by atoms with Crippen molar-refractivity contribution in [2.24, 2.45) is 4.99 Å². The first-order chi connectivity index (χ1) is 5.40. The Morgan fingerprint density at radius 1 is 1.58 bits per heavy atom. The summed E-state index contributed by atoms with van der Waals surface area (Å²) < 4.78 is 35.4. The fourth-order valence-electron chi connectivity index (χ4n) is 0.915. The third-order valence-electron chi connectivity index (χ3n) is 1.47. The number of amides is 1. The van der Waals surface area contributed by atoms with Crippen LogP contribution in [0.3, 0.4) is 0 Å². The van der Waals surface area contributed by atoms with Crippen molar-refractivity contribution in [1.29, 1.82) is 0 Å². The standard InChI is InChI=1S/C6H7F3N2O/c1-4-10-2-5(12)11(4)3-6(7,8)9/h2-3H2,1H3. The third kappa shape index (κ3) is 1.96. The highest BCUT2D eigenvalue weighted by Gasteiger charge is 2.35. The molecule has 0 bridgehead atoms. The Hall–Kier alpha value is -1.07. The summed E-state index contributed by atoms with van der Waals surface area (Å²) in [6, 6.07) is 0. The average Bonchev–Trinajstić information content (AvgIpc) is 2.16. The highest BCUT2D eigenvalue weighted by atomic mass is 19.4. The van der Waals surface area contributed by atoms with Gasteiger partial charge in [0.05, 0.1) is 0 Å². The summed E-state index contributed by atoms with van der Waals surface area (Å²) in [7, 11) is 0. The maximum Gasteiger partial charge on any atom is 0.406 e. The minimum atomic E-state index is -4.35. The van der Waals surface area contributed by atoms with Gasteiger partial charge < -0.3 is 0 Å². The van der Waals surface area contributed by atoms with Crippen molar-refractivity contribution < 1.29 is 18.0 Å². The Balaban J connectivity index is 2.63. The molecule has 0 atom stereocenters. The monoisotopic (exact) mass is 180 g/mol. The van der Waals surface area contributed by atoms with E-state index in [0.717, 1.165) is 0 Å². The normalized spacial score (nSPS) is 18.5. The highest BCUT2D eigenvalue weighted by molar-refractivity contribution is 6.02. The Morgan fingerprint density at radius 3 is 2.50 bits per heavy atom. The van der Waals surface area contributed by atoms with Crippen LogP contribution in [0.15, 0.2) is 4.99 Å². The van der Waals surface area contributed by atoms with Crippen LogP contribution in [-0.4, -0.2) is 35.9 Å². The van der Waals surface area contributed by atoms with Crippen LogP contribution in [0.1, 0.15) is 6.92 Å². The molecule has 0 fully saturated rings. The molecule has 0 N–H and O–H groups in total. The molecule has 1 heterocycles. The smallest absolute Gasteiger partial charge is 0.290 e. The lowest BCUT2D eigenvalue weighted by molar-refractivity contribution is -0.151. The van der Waals surface area contributed by atoms with E-state index in [9.17, 15) is 18.0 Å². The predicted octanol–water partition coefficient (Wildman–Crippen LogP) is 0.809. The molecule has 6 heteroatoms. The summed E-state index contributed by atoms with van der Waals surface area (Å²) in [5.41, 5.74) is 0. The van der Waals surface area contributed by atoms with E-state index >= 15 is 0 Å². The zero-order chi connectivity index (χ0) is 9.35. The SMILES string of the molecule is CC1=NCC(=O)N1CC(F)(F)F. The first kappa shape index (κ1) is 9.02. The van der Waals surface area contributed by atoms with Gasteiger partial charge in [-0.15, -0.1) is 0 Å². The zero-order valence-electron chi connectivity index (χ0n) is 6.35. The Morgan fingerprint density at radius 2 is 2.17 bits per heavy atom. The predicted molar refractivity (Wildman–Crippen MR) is 35.7 cm³/mol. The Kier molecular flexibility index (Phi) is 2.08. The van der Waals surface area contributed by atoms with Gasteiger partial charge in [-0.3, -0.25) is 14.7 Å². The Labute approximate surface area is 66.9 Å². The van der Waals surface area contributed by atoms with Gasteiger partial charge in [0, 0.05) is 0 Å². The fraction of sp³-hybridized carbons (Fsp3) is 0.667. The summed E-state index contributed by atoms with van der Waals surface area (Å²) in [6.45, 7) is -0.0142. The first-order valence-electron chi connectivity index (χ1n) is 3.28. The summed E-state index contributed by atoms with van der Waals surface area (Å²) in [5.74, 6) is -0.456. The van der Waals surface area contributed by atoms with Gasteiger partial charge in [-0.1, -0.05) is 0 Å². The molecule has 0 aromatic carbocycles. The molecule has 3 nitrogen and oxygen atoms in total. The highest BCUT2D eigenvalue weighted by Crippen LogP contribution is 2.18. The lowest BCUT2D eigenvalue weighted by atomic mass is 10.4. The largest absolute Gasteiger partial charge is 0.406 e. The van der Waals surface area contributed by atoms with E-state index in [1.54, 1.807) is 0 Å². The number of carbonyl (C=O) groups excluding carboxylic acids is 1. The summed E-state index contributed by atoms with van der Waals surface area (Å²) >= 11 is 0. The van der Waals surface area contributed by atoms with Crippen LogP contribution in [0.5, 0.6) is 0 Å². The molecule has 0 saturated carbocycles. The van der Waals surface area contributed by atoms with Gasteiger partial charge in [0.15, 0.2) is 0 Å².